The molecule has 1 N–H and O–H groups in total. The van der Waals surface area contributed by atoms with Crippen molar-refractivity contribution in [3.63, 3.8) is 0 Å². The van der Waals surface area contributed by atoms with Gasteiger partial charge in [-0.25, -0.2) is 0 Å². The van der Waals surface area contributed by atoms with Gasteiger partial charge in [-0.15, -0.1) is 11.6 Å². The second-order valence-electron chi connectivity index (χ2n) is 9.14. The summed E-state index contributed by atoms with van der Waals surface area (Å²) in [5.74, 6) is 1.25. The van der Waals surface area contributed by atoms with Gasteiger partial charge in [0.05, 0.1) is 19.3 Å². The lowest BCUT2D eigenvalue weighted by molar-refractivity contribution is -0.126. The maximum Gasteiger partial charge on any atom is 0.192 e. The third kappa shape index (κ3) is 7.40. The SMILES string of the molecule is C[C@@H](CCCO)[C@@H](O[Si](C)(C)C(C)(C)C)C(CCCCCl)C1OCCO1. The first-order valence-electron chi connectivity index (χ1n) is 10.2. The van der Waals surface area contributed by atoms with Crippen molar-refractivity contribution in [2.75, 3.05) is 25.7 Å². The molecule has 4 nitrogen and oxygen atoms in total. The molecule has 1 aliphatic heterocycles. The van der Waals surface area contributed by atoms with Gasteiger partial charge in [0.2, 0.25) is 0 Å². The summed E-state index contributed by atoms with van der Waals surface area (Å²) in [5.41, 5.74) is 0. The number of hydrogen-bond acceptors (Lipinski definition) is 4. The van der Waals surface area contributed by atoms with Gasteiger partial charge in [-0.2, -0.15) is 0 Å². The molecule has 0 aromatic heterocycles. The Morgan fingerprint density at radius 1 is 1.12 bits per heavy atom. The third-order valence-electron chi connectivity index (χ3n) is 5.96. The molecular formula is C20H41ClO4Si. The van der Waals surface area contributed by atoms with E-state index >= 15 is 0 Å². The molecule has 156 valence electrons. The van der Waals surface area contributed by atoms with Crippen LogP contribution in [0.15, 0.2) is 0 Å². The first-order chi connectivity index (χ1) is 12.1. The van der Waals surface area contributed by atoms with E-state index in [0.717, 1.165) is 32.1 Å². The molecule has 0 aromatic carbocycles. The number of alkyl halides is 1. The van der Waals surface area contributed by atoms with E-state index in [2.05, 4.69) is 40.8 Å². The fraction of sp³-hybridized carbons (Fsp3) is 1.00. The Labute approximate surface area is 167 Å². The molecule has 1 aliphatic rings. The number of ether oxygens (including phenoxy) is 2. The molecule has 1 saturated heterocycles. The summed E-state index contributed by atoms with van der Waals surface area (Å²) in [6, 6.07) is 0. The van der Waals surface area contributed by atoms with E-state index in [9.17, 15) is 5.11 Å². The van der Waals surface area contributed by atoms with Gasteiger partial charge in [0.25, 0.3) is 0 Å². The molecule has 1 heterocycles. The molecule has 26 heavy (non-hydrogen) atoms. The normalized spacial score (nSPS) is 20.3. The molecule has 3 atom stereocenters. The minimum atomic E-state index is -1.93. The van der Waals surface area contributed by atoms with Crippen LogP contribution in [0.2, 0.25) is 18.1 Å². The molecule has 0 bridgehead atoms. The Balaban J connectivity index is 3.02. The highest BCUT2D eigenvalue weighted by Crippen LogP contribution is 2.41. The standard InChI is InChI=1S/C20H41ClO4Si/c1-16(10-9-13-22)18(25-26(5,6)20(2,3)4)17(11-7-8-12-21)19-23-14-15-24-19/h16-19,22H,7-15H2,1-6H3/t16-,17?,18+/m0/s1. The zero-order valence-electron chi connectivity index (χ0n) is 17.7. The van der Waals surface area contributed by atoms with E-state index in [1.54, 1.807) is 0 Å². The summed E-state index contributed by atoms with van der Waals surface area (Å²) in [7, 11) is -1.93. The monoisotopic (exact) mass is 408 g/mol. The molecule has 0 aromatic rings. The Morgan fingerprint density at radius 2 is 1.73 bits per heavy atom. The summed E-state index contributed by atoms with van der Waals surface area (Å²) in [6.45, 7) is 15.2. The largest absolute Gasteiger partial charge is 0.413 e. The van der Waals surface area contributed by atoms with E-state index in [4.69, 9.17) is 25.5 Å². The topological polar surface area (TPSA) is 47.9 Å². The van der Waals surface area contributed by atoms with Crippen LogP contribution in [0.1, 0.15) is 59.8 Å². The zero-order chi connectivity index (χ0) is 19.8. The molecule has 0 amide bonds. The van der Waals surface area contributed by atoms with Gasteiger partial charge in [0.15, 0.2) is 14.6 Å². The van der Waals surface area contributed by atoms with Crippen molar-refractivity contribution in [2.45, 2.75) is 90.3 Å². The molecule has 1 unspecified atom stereocenters. The maximum absolute atomic E-state index is 9.29. The van der Waals surface area contributed by atoms with Crippen LogP contribution >= 0.6 is 11.6 Å². The van der Waals surface area contributed by atoms with E-state index in [1.807, 2.05) is 0 Å². The quantitative estimate of drug-likeness (QED) is 0.274. The van der Waals surface area contributed by atoms with Crippen molar-refractivity contribution in [1.29, 1.82) is 0 Å². The van der Waals surface area contributed by atoms with Crippen LogP contribution in [0, 0.1) is 11.8 Å². The molecular weight excluding hydrogens is 368 g/mol. The first-order valence-corrected chi connectivity index (χ1v) is 13.7. The van der Waals surface area contributed by atoms with Gasteiger partial charge in [-0.1, -0.05) is 34.1 Å². The van der Waals surface area contributed by atoms with E-state index < -0.39 is 8.32 Å². The number of aliphatic hydroxyl groups excluding tert-OH is 1. The van der Waals surface area contributed by atoms with Crippen molar-refractivity contribution < 1.29 is 19.0 Å². The van der Waals surface area contributed by atoms with Gasteiger partial charge < -0.3 is 19.0 Å². The lowest BCUT2D eigenvalue weighted by atomic mass is 9.85. The van der Waals surface area contributed by atoms with Crippen molar-refractivity contribution in [2.24, 2.45) is 11.8 Å². The Kier molecular flexibility index (Phi) is 10.7. The van der Waals surface area contributed by atoms with Crippen molar-refractivity contribution in [1.82, 2.24) is 0 Å². The summed E-state index contributed by atoms with van der Waals surface area (Å²) in [6.07, 6.45) is 4.72. The second-order valence-corrected chi connectivity index (χ2v) is 14.3. The molecule has 6 heteroatoms. The van der Waals surface area contributed by atoms with Crippen LogP contribution in [0.25, 0.3) is 0 Å². The average molecular weight is 409 g/mol. The van der Waals surface area contributed by atoms with Gasteiger partial charge in [-0.3, -0.25) is 0 Å². The van der Waals surface area contributed by atoms with Crippen LogP contribution in [-0.4, -0.2) is 51.5 Å². The molecule has 1 rings (SSSR count). The zero-order valence-corrected chi connectivity index (χ0v) is 19.5. The summed E-state index contributed by atoms with van der Waals surface area (Å²) < 4.78 is 18.8. The lowest BCUT2D eigenvalue weighted by Crippen LogP contribution is -2.50. The van der Waals surface area contributed by atoms with E-state index in [1.165, 1.54) is 0 Å². The summed E-state index contributed by atoms with van der Waals surface area (Å²) in [4.78, 5) is 0. The molecule has 0 spiro atoms. The smallest absolute Gasteiger partial charge is 0.192 e. The molecule has 0 radical (unpaired) electrons. The van der Waals surface area contributed by atoms with Gasteiger partial charge in [0, 0.05) is 18.4 Å². The van der Waals surface area contributed by atoms with Crippen LogP contribution in [0.5, 0.6) is 0 Å². The average Bonchev–Trinajstić information content (AvgIpc) is 3.08. The van der Waals surface area contributed by atoms with Gasteiger partial charge >= 0.3 is 0 Å². The van der Waals surface area contributed by atoms with Crippen LogP contribution < -0.4 is 0 Å². The van der Waals surface area contributed by atoms with Crippen molar-refractivity contribution in [3.05, 3.63) is 0 Å². The summed E-state index contributed by atoms with van der Waals surface area (Å²) in [5, 5.41) is 9.44. The Morgan fingerprint density at radius 3 is 2.23 bits per heavy atom. The van der Waals surface area contributed by atoms with Crippen LogP contribution in [-0.2, 0) is 13.9 Å². The highest BCUT2D eigenvalue weighted by Gasteiger charge is 2.44. The minimum absolute atomic E-state index is 0.0841. The van der Waals surface area contributed by atoms with E-state index in [0.29, 0.717) is 25.0 Å². The van der Waals surface area contributed by atoms with Gasteiger partial charge in [0.1, 0.15) is 0 Å². The number of halogens is 1. The fourth-order valence-corrected chi connectivity index (χ4v) is 4.90. The third-order valence-corrected chi connectivity index (χ3v) is 10.7. The van der Waals surface area contributed by atoms with Crippen molar-refractivity contribution in [3.8, 4) is 0 Å². The van der Waals surface area contributed by atoms with Crippen LogP contribution in [0.3, 0.4) is 0 Å². The second kappa shape index (κ2) is 11.4. The summed E-state index contributed by atoms with van der Waals surface area (Å²) >= 11 is 5.91. The molecule has 0 saturated carbocycles. The predicted octanol–water partition coefficient (Wildman–Crippen LogP) is 5.18. The number of rotatable bonds is 12. The lowest BCUT2D eigenvalue weighted by Gasteiger charge is -2.44. The maximum atomic E-state index is 9.29. The van der Waals surface area contributed by atoms with Gasteiger partial charge in [-0.05, 0) is 49.7 Å². The predicted molar refractivity (Wildman–Crippen MR) is 111 cm³/mol. The highest BCUT2D eigenvalue weighted by atomic mass is 35.5. The van der Waals surface area contributed by atoms with Crippen LogP contribution in [0.4, 0.5) is 0 Å². The first kappa shape index (κ1) is 24.4. The fourth-order valence-electron chi connectivity index (χ4n) is 3.27. The highest BCUT2D eigenvalue weighted by molar-refractivity contribution is 6.74. The van der Waals surface area contributed by atoms with E-state index in [-0.39, 0.29) is 30.0 Å². The Bertz CT molecular complexity index is 380. The molecule has 0 aliphatic carbocycles. The number of unbranched alkanes of at least 4 members (excludes halogenated alkanes) is 1. The molecule has 1 fully saturated rings. The number of hydrogen-bond donors (Lipinski definition) is 1. The minimum Gasteiger partial charge on any atom is -0.413 e. The number of aliphatic hydroxyl groups is 1. The Hall–Kier alpha value is 0.347. The van der Waals surface area contributed by atoms with Crippen molar-refractivity contribution >= 4 is 19.9 Å².